The molecule has 1 N–H and O–H groups in total. The van der Waals surface area contributed by atoms with Gasteiger partial charge in [0.2, 0.25) is 0 Å². The average Bonchev–Trinajstić information content (AvgIpc) is 2.65. The van der Waals surface area contributed by atoms with E-state index in [2.05, 4.69) is 17.4 Å². The van der Waals surface area contributed by atoms with E-state index in [-0.39, 0.29) is 5.02 Å². The van der Waals surface area contributed by atoms with E-state index < -0.39 is 5.82 Å². The molecule has 128 valence electrons. The van der Waals surface area contributed by atoms with Crippen molar-refractivity contribution < 1.29 is 9.13 Å². The lowest BCUT2D eigenvalue weighted by atomic mass is 10.2. The maximum atomic E-state index is 13.1. The molecule has 0 atom stereocenters. The number of hydrogen-bond acceptors (Lipinski definition) is 2. The summed E-state index contributed by atoms with van der Waals surface area (Å²) in [7, 11) is 0. The van der Waals surface area contributed by atoms with E-state index in [1.165, 1.54) is 11.6 Å². The van der Waals surface area contributed by atoms with E-state index in [0.717, 1.165) is 23.4 Å². The highest BCUT2D eigenvalue weighted by Gasteiger charge is 2.01. The summed E-state index contributed by atoms with van der Waals surface area (Å²) in [5.74, 6) is 0.439. The van der Waals surface area contributed by atoms with E-state index in [9.17, 15) is 4.39 Å². The molecule has 0 spiro atoms. The van der Waals surface area contributed by atoms with Crippen molar-refractivity contribution in [3.8, 4) is 5.75 Å². The van der Waals surface area contributed by atoms with Crippen molar-refractivity contribution in [3.05, 3.63) is 94.8 Å². The third kappa shape index (κ3) is 5.23. The molecule has 3 aromatic rings. The van der Waals surface area contributed by atoms with Crippen molar-refractivity contribution >= 4 is 17.3 Å². The number of ether oxygens (including phenoxy) is 1. The van der Waals surface area contributed by atoms with Gasteiger partial charge in [0, 0.05) is 18.7 Å². The van der Waals surface area contributed by atoms with Crippen LogP contribution in [0, 0.1) is 5.82 Å². The minimum atomic E-state index is -0.413. The van der Waals surface area contributed by atoms with Gasteiger partial charge in [-0.2, -0.15) is 0 Å². The van der Waals surface area contributed by atoms with Crippen LogP contribution in [0.5, 0.6) is 5.75 Å². The predicted molar refractivity (Wildman–Crippen MR) is 101 cm³/mol. The number of anilines is 1. The molecule has 0 aliphatic heterocycles. The highest BCUT2D eigenvalue weighted by Crippen LogP contribution is 2.20. The normalized spacial score (nSPS) is 10.5. The molecule has 0 saturated heterocycles. The molecular formula is C21H19ClFNO. The zero-order chi connectivity index (χ0) is 17.5. The quantitative estimate of drug-likeness (QED) is 0.585. The lowest BCUT2D eigenvalue weighted by molar-refractivity contribution is 0.322. The Morgan fingerprint density at radius 1 is 0.880 bits per heavy atom. The Hall–Kier alpha value is -2.52. The molecule has 0 saturated carbocycles. The lowest BCUT2D eigenvalue weighted by Crippen LogP contribution is -2.02. The standard InChI is InChI=1S/C21H19ClFNO/c22-20-14-18(8-11-21(20)23)24-15-17-6-9-19(10-7-17)25-13-12-16-4-2-1-3-5-16/h1-11,14,24H,12-13,15H2. The summed E-state index contributed by atoms with van der Waals surface area (Å²) in [5.41, 5.74) is 3.16. The smallest absolute Gasteiger partial charge is 0.141 e. The Kier molecular flexibility index (Phi) is 5.91. The van der Waals surface area contributed by atoms with Gasteiger partial charge in [0.15, 0.2) is 0 Å². The van der Waals surface area contributed by atoms with Gasteiger partial charge in [-0.05, 0) is 41.5 Å². The predicted octanol–water partition coefficient (Wildman–Crippen LogP) is 5.71. The second kappa shape index (κ2) is 8.54. The Labute approximate surface area is 152 Å². The van der Waals surface area contributed by atoms with E-state index >= 15 is 0 Å². The number of halogens is 2. The summed E-state index contributed by atoms with van der Waals surface area (Å²) in [6.45, 7) is 1.28. The Bertz CT molecular complexity index is 806. The van der Waals surface area contributed by atoms with Crippen molar-refractivity contribution in [2.75, 3.05) is 11.9 Å². The van der Waals surface area contributed by atoms with Crippen LogP contribution in [-0.2, 0) is 13.0 Å². The van der Waals surface area contributed by atoms with Crippen molar-refractivity contribution in [1.82, 2.24) is 0 Å². The zero-order valence-corrected chi connectivity index (χ0v) is 14.5. The fourth-order valence-corrected chi connectivity index (χ4v) is 2.63. The van der Waals surface area contributed by atoms with Gasteiger partial charge < -0.3 is 10.1 Å². The Morgan fingerprint density at radius 2 is 1.64 bits per heavy atom. The first-order chi connectivity index (χ1) is 12.2. The second-order valence-corrected chi connectivity index (χ2v) is 6.12. The Morgan fingerprint density at radius 3 is 2.36 bits per heavy atom. The van der Waals surface area contributed by atoms with Crippen LogP contribution in [-0.4, -0.2) is 6.61 Å². The minimum absolute atomic E-state index is 0.118. The lowest BCUT2D eigenvalue weighted by Gasteiger charge is -2.09. The number of hydrogen-bond donors (Lipinski definition) is 1. The first-order valence-electron chi connectivity index (χ1n) is 8.15. The third-order valence-electron chi connectivity index (χ3n) is 3.84. The second-order valence-electron chi connectivity index (χ2n) is 5.71. The van der Waals surface area contributed by atoms with Gasteiger partial charge in [-0.1, -0.05) is 54.1 Å². The molecule has 0 unspecified atom stereocenters. The van der Waals surface area contributed by atoms with Crippen molar-refractivity contribution in [3.63, 3.8) is 0 Å². The van der Waals surface area contributed by atoms with E-state index in [0.29, 0.717) is 13.2 Å². The molecule has 0 heterocycles. The van der Waals surface area contributed by atoms with E-state index in [1.807, 2.05) is 42.5 Å². The molecule has 3 aromatic carbocycles. The molecule has 0 amide bonds. The van der Waals surface area contributed by atoms with Gasteiger partial charge in [0.25, 0.3) is 0 Å². The van der Waals surface area contributed by atoms with Gasteiger partial charge in [-0.15, -0.1) is 0 Å². The molecule has 3 rings (SSSR count). The van der Waals surface area contributed by atoms with Gasteiger partial charge in [0.05, 0.1) is 11.6 Å². The summed E-state index contributed by atoms with van der Waals surface area (Å²) in [6.07, 6.45) is 0.884. The third-order valence-corrected chi connectivity index (χ3v) is 4.13. The van der Waals surface area contributed by atoms with Crippen LogP contribution in [0.4, 0.5) is 10.1 Å². The van der Waals surface area contributed by atoms with E-state index in [4.69, 9.17) is 16.3 Å². The van der Waals surface area contributed by atoms with Crippen LogP contribution in [0.1, 0.15) is 11.1 Å². The molecule has 4 heteroatoms. The molecule has 25 heavy (non-hydrogen) atoms. The summed E-state index contributed by atoms with van der Waals surface area (Å²) in [5, 5.41) is 3.34. The van der Waals surface area contributed by atoms with Crippen molar-refractivity contribution in [1.29, 1.82) is 0 Å². The van der Waals surface area contributed by atoms with Crippen molar-refractivity contribution in [2.24, 2.45) is 0 Å². The number of benzene rings is 3. The molecule has 0 aliphatic rings. The summed E-state index contributed by atoms with van der Waals surface area (Å²) in [6, 6.07) is 22.8. The van der Waals surface area contributed by atoms with Crippen LogP contribution in [0.3, 0.4) is 0 Å². The van der Waals surface area contributed by atoms with Gasteiger partial charge in [-0.3, -0.25) is 0 Å². The first-order valence-corrected chi connectivity index (χ1v) is 8.53. The summed E-state index contributed by atoms with van der Waals surface area (Å²) >= 11 is 5.78. The zero-order valence-electron chi connectivity index (χ0n) is 13.7. The van der Waals surface area contributed by atoms with Crippen LogP contribution >= 0.6 is 11.6 Å². The van der Waals surface area contributed by atoms with Crippen LogP contribution in [0.15, 0.2) is 72.8 Å². The van der Waals surface area contributed by atoms with Gasteiger partial charge in [-0.25, -0.2) is 4.39 Å². The SMILES string of the molecule is Fc1ccc(NCc2ccc(OCCc3ccccc3)cc2)cc1Cl. The first kappa shape index (κ1) is 17.3. The maximum Gasteiger partial charge on any atom is 0.141 e. The molecule has 0 fully saturated rings. The highest BCUT2D eigenvalue weighted by molar-refractivity contribution is 6.31. The molecule has 0 radical (unpaired) electrons. The highest BCUT2D eigenvalue weighted by atomic mass is 35.5. The fraction of sp³-hybridized carbons (Fsp3) is 0.143. The topological polar surface area (TPSA) is 21.3 Å². The van der Waals surface area contributed by atoms with Crippen LogP contribution in [0.2, 0.25) is 5.02 Å². The molecule has 0 bridgehead atoms. The van der Waals surface area contributed by atoms with Gasteiger partial charge in [0.1, 0.15) is 11.6 Å². The largest absolute Gasteiger partial charge is 0.493 e. The number of rotatable bonds is 7. The minimum Gasteiger partial charge on any atom is -0.493 e. The molecular weight excluding hydrogens is 337 g/mol. The number of nitrogens with one attached hydrogen (secondary N) is 1. The monoisotopic (exact) mass is 355 g/mol. The molecule has 2 nitrogen and oxygen atoms in total. The van der Waals surface area contributed by atoms with E-state index in [1.54, 1.807) is 12.1 Å². The van der Waals surface area contributed by atoms with Crippen LogP contribution in [0.25, 0.3) is 0 Å². The maximum absolute atomic E-state index is 13.1. The fourth-order valence-electron chi connectivity index (χ4n) is 2.45. The Balaban J connectivity index is 1.47. The summed E-state index contributed by atoms with van der Waals surface area (Å²) < 4.78 is 18.9. The van der Waals surface area contributed by atoms with Crippen molar-refractivity contribution in [2.45, 2.75) is 13.0 Å². The molecule has 0 aliphatic carbocycles. The average molecular weight is 356 g/mol. The van der Waals surface area contributed by atoms with Gasteiger partial charge >= 0.3 is 0 Å². The summed E-state index contributed by atoms with van der Waals surface area (Å²) in [4.78, 5) is 0. The van der Waals surface area contributed by atoms with Crippen LogP contribution < -0.4 is 10.1 Å². The molecule has 0 aromatic heterocycles.